The maximum atomic E-state index is 13.8. The first-order valence-electron chi connectivity index (χ1n) is 5.49. The Kier molecular flexibility index (Phi) is 4.15. The molecule has 0 fully saturated rings. The Labute approximate surface area is 122 Å². The van der Waals surface area contributed by atoms with Crippen molar-refractivity contribution in [3.63, 3.8) is 0 Å². The van der Waals surface area contributed by atoms with E-state index in [0.29, 0.717) is 9.13 Å². The zero-order chi connectivity index (χ0) is 14.2. The molecule has 0 aliphatic rings. The molecular weight excluding hydrogens is 368 g/mol. The highest BCUT2D eigenvalue weighted by Gasteiger charge is 2.21. The molecular formula is C14H10F3IO. The fourth-order valence-corrected chi connectivity index (χ4v) is 2.54. The van der Waals surface area contributed by atoms with E-state index < -0.39 is 23.6 Å². The fourth-order valence-electron chi connectivity index (χ4n) is 1.76. The summed E-state index contributed by atoms with van der Waals surface area (Å²) in [5, 5.41) is 10.1. The quantitative estimate of drug-likeness (QED) is 0.781. The Morgan fingerprint density at radius 3 is 2.26 bits per heavy atom. The fraction of sp³-hybridized carbons (Fsp3) is 0.143. The first-order chi connectivity index (χ1) is 8.91. The van der Waals surface area contributed by atoms with Gasteiger partial charge in [-0.2, -0.15) is 0 Å². The molecule has 0 bridgehead atoms. The van der Waals surface area contributed by atoms with Crippen LogP contribution in [0.2, 0.25) is 0 Å². The minimum Gasteiger partial charge on any atom is -0.384 e. The molecule has 0 saturated heterocycles. The van der Waals surface area contributed by atoms with Gasteiger partial charge in [0.25, 0.3) is 0 Å². The molecule has 0 amide bonds. The molecule has 1 unspecified atom stereocenters. The number of halogens is 4. The van der Waals surface area contributed by atoms with Gasteiger partial charge in [0.2, 0.25) is 0 Å². The van der Waals surface area contributed by atoms with E-state index >= 15 is 0 Å². The summed E-state index contributed by atoms with van der Waals surface area (Å²) in [6.07, 6.45) is -1.33. The van der Waals surface area contributed by atoms with Gasteiger partial charge in [-0.3, -0.25) is 0 Å². The van der Waals surface area contributed by atoms with E-state index in [4.69, 9.17) is 0 Å². The number of rotatable bonds is 2. The van der Waals surface area contributed by atoms with Crippen molar-refractivity contribution in [2.45, 2.75) is 13.0 Å². The number of hydrogen-bond donors (Lipinski definition) is 1. The molecule has 2 rings (SSSR count). The highest BCUT2D eigenvalue weighted by molar-refractivity contribution is 14.1. The van der Waals surface area contributed by atoms with Crippen LogP contribution in [0.4, 0.5) is 13.2 Å². The highest BCUT2D eigenvalue weighted by Crippen LogP contribution is 2.30. The summed E-state index contributed by atoms with van der Waals surface area (Å²) in [6.45, 7) is 1.44. The van der Waals surface area contributed by atoms with Gasteiger partial charge in [0.1, 0.15) is 11.9 Å². The number of aliphatic hydroxyl groups is 1. The SMILES string of the molecule is Cc1ccc(C(O)c2ccc(F)cc2I)c(F)c1F. The van der Waals surface area contributed by atoms with Crippen LogP contribution in [-0.4, -0.2) is 5.11 Å². The molecule has 100 valence electrons. The number of benzene rings is 2. The zero-order valence-electron chi connectivity index (χ0n) is 9.92. The molecule has 5 heteroatoms. The van der Waals surface area contributed by atoms with Crippen LogP contribution in [0.3, 0.4) is 0 Å². The molecule has 1 N–H and O–H groups in total. The van der Waals surface area contributed by atoms with Gasteiger partial charge in [-0.25, -0.2) is 13.2 Å². The normalized spacial score (nSPS) is 12.5. The minimum absolute atomic E-state index is 0.160. The third kappa shape index (κ3) is 2.76. The molecule has 0 radical (unpaired) electrons. The first-order valence-corrected chi connectivity index (χ1v) is 6.57. The molecule has 1 nitrogen and oxygen atoms in total. The third-order valence-corrected chi connectivity index (χ3v) is 3.79. The van der Waals surface area contributed by atoms with Crippen LogP contribution in [0, 0.1) is 27.9 Å². The zero-order valence-corrected chi connectivity index (χ0v) is 12.1. The Bertz CT molecular complexity index is 628. The van der Waals surface area contributed by atoms with Gasteiger partial charge in [-0.15, -0.1) is 0 Å². The van der Waals surface area contributed by atoms with Gasteiger partial charge < -0.3 is 5.11 Å². The van der Waals surface area contributed by atoms with Crippen LogP contribution < -0.4 is 0 Å². The lowest BCUT2D eigenvalue weighted by atomic mass is 9.99. The molecule has 0 aliphatic carbocycles. The molecule has 0 spiro atoms. The van der Waals surface area contributed by atoms with Crippen LogP contribution in [0.1, 0.15) is 22.8 Å². The van der Waals surface area contributed by atoms with Gasteiger partial charge in [0, 0.05) is 9.13 Å². The van der Waals surface area contributed by atoms with Gasteiger partial charge >= 0.3 is 0 Å². The van der Waals surface area contributed by atoms with E-state index in [9.17, 15) is 18.3 Å². The maximum absolute atomic E-state index is 13.8. The Balaban J connectivity index is 2.50. The Morgan fingerprint density at radius 2 is 1.63 bits per heavy atom. The summed E-state index contributed by atoms with van der Waals surface area (Å²) in [6, 6.07) is 6.48. The molecule has 1 atom stereocenters. The lowest BCUT2D eigenvalue weighted by Gasteiger charge is -2.15. The standard InChI is InChI=1S/C14H10F3IO/c1-7-2-4-10(13(17)12(7)16)14(19)9-5-3-8(15)6-11(9)18/h2-6,14,19H,1H3. The van der Waals surface area contributed by atoms with Crippen molar-refractivity contribution in [2.75, 3.05) is 0 Å². The van der Waals surface area contributed by atoms with Crippen molar-refractivity contribution in [1.82, 2.24) is 0 Å². The van der Waals surface area contributed by atoms with Crippen molar-refractivity contribution in [2.24, 2.45) is 0 Å². The molecule has 0 aromatic heterocycles. The van der Waals surface area contributed by atoms with Gasteiger partial charge in [-0.1, -0.05) is 18.2 Å². The van der Waals surface area contributed by atoms with E-state index in [1.165, 1.54) is 37.3 Å². The molecule has 0 heterocycles. The topological polar surface area (TPSA) is 20.2 Å². The molecule has 19 heavy (non-hydrogen) atoms. The van der Waals surface area contributed by atoms with E-state index in [-0.39, 0.29) is 11.1 Å². The van der Waals surface area contributed by atoms with Crippen molar-refractivity contribution in [3.05, 3.63) is 68.0 Å². The van der Waals surface area contributed by atoms with E-state index in [0.717, 1.165) is 0 Å². The average Bonchev–Trinajstić information content (AvgIpc) is 2.35. The summed E-state index contributed by atoms with van der Waals surface area (Å²) in [4.78, 5) is 0. The Hall–Kier alpha value is -1.08. The van der Waals surface area contributed by atoms with Crippen molar-refractivity contribution in [1.29, 1.82) is 0 Å². The van der Waals surface area contributed by atoms with Crippen LogP contribution in [0.5, 0.6) is 0 Å². The second-order valence-electron chi connectivity index (χ2n) is 4.17. The summed E-state index contributed by atoms with van der Waals surface area (Å²) in [5.41, 5.74) is 0.346. The molecule has 2 aromatic carbocycles. The van der Waals surface area contributed by atoms with Gasteiger partial charge in [0.05, 0.1) is 0 Å². The predicted octanol–water partition coefficient (Wildman–Crippen LogP) is 4.10. The first kappa shape index (κ1) is 14.3. The van der Waals surface area contributed by atoms with E-state index in [1.54, 1.807) is 0 Å². The lowest BCUT2D eigenvalue weighted by molar-refractivity contribution is 0.212. The number of aryl methyl sites for hydroxylation is 1. The van der Waals surface area contributed by atoms with E-state index in [1.807, 2.05) is 22.6 Å². The second kappa shape index (κ2) is 5.50. The van der Waals surface area contributed by atoms with Gasteiger partial charge in [-0.05, 0) is 52.8 Å². The number of hydrogen-bond acceptors (Lipinski definition) is 1. The molecule has 0 saturated carbocycles. The van der Waals surface area contributed by atoms with Crippen LogP contribution in [-0.2, 0) is 0 Å². The van der Waals surface area contributed by atoms with Crippen LogP contribution >= 0.6 is 22.6 Å². The largest absolute Gasteiger partial charge is 0.384 e. The smallest absolute Gasteiger partial charge is 0.165 e. The second-order valence-corrected chi connectivity index (χ2v) is 5.33. The molecule has 2 aromatic rings. The van der Waals surface area contributed by atoms with E-state index in [2.05, 4.69) is 0 Å². The molecule has 0 aliphatic heterocycles. The highest BCUT2D eigenvalue weighted by atomic mass is 127. The summed E-state index contributed by atoms with van der Waals surface area (Å²) < 4.78 is 40.7. The van der Waals surface area contributed by atoms with Crippen molar-refractivity contribution < 1.29 is 18.3 Å². The van der Waals surface area contributed by atoms with Crippen LogP contribution in [0.15, 0.2) is 30.3 Å². The summed E-state index contributed by atoms with van der Waals surface area (Å²) in [5.74, 6) is -2.50. The average molecular weight is 378 g/mol. The summed E-state index contributed by atoms with van der Waals surface area (Å²) >= 11 is 1.84. The van der Waals surface area contributed by atoms with Gasteiger partial charge in [0.15, 0.2) is 11.6 Å². The lowest BCUT2D eigenvalue weighted by Crippen LogP contribution is -2.07. The van der Waals surface area contributed by atoms with Crippen molar-refractivity contribution in [3.8, 4) is 0 Å². The predicted molar refractivity (Wildman–Crippen MR) is 74.3 cm³/mol. The Morgan fingerprint density at radius 1 is 1.00 bits per heavy atom. The maximum Gasteiger partial charge on any atom is 0.165 e. The van der Waals surface area contributed by atoms with Crippen molar-refractivity contribution >= 4 is 22.6 Å². The summed E-state index contributed by atoms with van der Waals surface area (Å²) in [7, 11) is 0. The monoisotopic (exact) mass is 378 g/mol. The third-order valence-electron chi connectivity index (χ3n) is 2.86. The number of aliphatic hydroxyl groups excluding tert-OH is 1. The minimum atomic E-state index is -1.33. The van der Waals surface area contributed by atoms with Crippen LogP contribution in [0.25, 0.3) is 0 Å².